The Bertz CT molecular complexity index is 1940. The van der Waals surface area contributed by atoms with Gasteiger partial charge in [0.15, 0.2) is 0 Å². The highest BCUT2D eigenvalue weighted by Gasteiger charge is 2.21. The van der Waals surface area contributed by atoms with Gasteiger partial charge in [0, 0.05) is 16.6 Å². The highest BCUT2D eigenvalue weighted by Crippen LogP contribution is 2.37. The summed E-state index contributed by atoms with van der Waals surface area (Å²) in [5, 5.41) is 18.7. The Hall–Kier alpha value is -4.98. The van der Waals surface area contributed by atoms with E-state index in [0.717, 1.165) is 113 Å². The minimum absolute atomic E-state index is 0.699. The fraction of sp³-hybridized carbons (Fsp3) is 0.316. The molecule has 238 valence electrons. The topological polar surface area (TPSA) is 132 Å². The van der Waals surface area contributed by atoms with Crippen molar-refractivity contribution < 1.29 is 19.8 Å². The molecule has 5 rings (SSSR count). The van der Waals surface area contributed by atoms with Crippen molar-refractivity contribution in [3.05, 3.63) is 94.1 Å². The number of carboxylic acids is 2. The van der Waals surface area contributed by atoms with Crippen LogP contribution in [0.1, 0.15) is 100 Å². The van der Waals surface area contributed by atoms with Gasteiger partial charge < -0.3 is 20.2 Å². The fourth-order valence-electron chi connectivity index (χ4n) is 6.13. The lowest BCUT2D eigenvalue weighted by molar-refractivity contribution is -0.140. The standard InChI is InChI=1S/C38H42N4O4/c1-5-10-23-20-33-34-21-24(11-6-2)30(40-34)18-19-32-26(13-8-4)27(14-9-15-28(37(43)44)38(45)46)36(42-32)35-22-25(12-7-3)31(41-35)17-16-29(23)39-33/h9,14-22,40-41H,5-8,10-13H2,1-4H3,(H,43,44)(H,45,46)/b14-9+,17-16?,19-18?,29-16?,30-18?,31-17?,32-19?,34-33?,36-35?. The number of rotatable bonds is 12. The van der Waals surface area contributed by atoms with Gasteiger partial charge in [-0.3, -0.25) is 0 Å². The van der Waals surface area contributed by atoms with Crippen LogP contribution in [-0.2, 0) is 22.4 Å². The number of hydrogen-bond acceptors (Lipinski definition) is 4. The Morgan fingerprint density at radius 3 is 1.91 bits per heavy atom. The molecule has 0 aliphatic carbocycles. The third-order valence-electron chi connectivity index (χ3n) is 8.26. The first kappa shape index (κ1) is 32.4. The van der Waals surface area contributed by atoms with Crippen molar-refractivity contribution >= 4 is 56.8 Å². The lowest BCUT2D eigenvalue weighted by Crippen LogP contribution is -2.10. The molecule has 0 saturated carbocycles. The summed E-state index contributed by atoms with van der Waals surface area (Å²) in [6.45, 7) is 8.62. The second kappa shape index (κ2) is 14.4. The van der Waals surface area contributed by atoms with Gasteiger partial charge in [0.1, 0.15) is 5.57 Å². The molecule has 0 amide bonds. The Balaban J connectivity index is 1.85. The van der Waals surface area contributed by atoms with Crippen LogP contribution < -0.4 is 0 Å². The summed E-state index contributed by atoms with van der Waals surface area (Å²) in [7, 11) is 0. The van der Waals surface area contributed by atoms with Crippen LogP contribution in [0.2, 0.25) is 0 Å². The number of aliphatic carboxylic acids is 2. The Morgan fingerprint density at radius 1 is 0.717 bits per heavy atom. The van der Waals surface area contributed by atoms with E-state index in [-0.39, 0.29) is 0 Å². The van der Waals surface area contributed by atoms with Crippen molar-refractivity contribution in [2.24, 2.45) is 0 Å². The van der Waals surface area contributed by atoms with E-state index in [1.54, 1.807) is 6.08 Å². The first-order chi connectivity index (χ1) is 22.3. The average molecular weight is 619 g/mol. The zero-order valence-electron chi connectivity index (χ0n) is 27.0. The first-order valence-electron chi connectivity index (χ1n) is 16.3. The Kier molecular flexibility index (Phi) is 10.2. The van der Waals surface area contributed by atoms with Gasteiger partial charge in [-0.05, 0) is 96.5 Å². The summed E-state index contributed by atoms with van der Waals surface area (Å²) in [6.07, 6.45) is 14.0. The number of H-pyrrole nitrogens is 2. The van der Waals surface area contributed by atoms with E-state index in [2.05, 4.69) is 74.1 Å². The number of aromatic amines is 2. The van der Waals surface area contributed by atoms with Gasteiger partial charge in [0.05, 0.1) is 33.8 Å². The van der Waals surface area contributed by atoms with Crippen LogP contribution in [0.15, 0.2) is 60.2 Å². The lowest BCUT2D eigenvalue weighted by atomic mass is 9.99. The van der Waals surface area contributed by atoms with Gasteiger partial charge in [0.2, 0.25) is 0 Å². The number of aromatic nitrogens is 4. The zero-order chi connectivity index (χ0) is 32.8. The number of allylic oxidation sites excluding steroid dienone is 6. The third-order valence-corrected chi connectivity index (χ3v) is 8.26. The highest BCUT2D eigenvalue weighted by molar-refractivity contribution is 6.12. The average Bonchev–Trinajstić information content (AvgIpc) is 3.78. The Morgan fingerprint density at radius 2 is 1.30 bits per heavy atom. The maximum atomic E-state index is 11.5. The normalized spacial score (nSPS) is 12.9. The number of hydrogen-bond donors (Lipinski definition) is 4. The molecule has 8 bridgehead atoms. The summed E-state index contributed by atoms with van der Waals surface area (Å²) in [4.78, 5) is 40.5. The molecule has 0 saturated heterocycles. The smallest absolute Gasteiger partial charge is 0.343 e. The van der Waals surface area contributed by atoms with Crippen LogP contribution in [0.25, 0.3) is 44.9 Å². The quantitative estimate of drug-likeness (QED) is 0.0693. The van der Waals surface area contributed by atoms with Crippen molar-refractivity contribution in [2.75, 3.05) is 0 Å². The monoisotopic (exact) mass is 618 g/mol. The van der Waals surface area contributed by atoms with Gasteiger partial charge >= 0.3 is 11.9 Å². The molecule has 3 aromatic heterocycles. The molecule has 2 aliphatic rings. The van der Waals surface area contributed by atoms with Gasteiger partial charge in [-0.2, -0.15) is 0 Å². The van der Waals surface area contributed by atoms with E-state index < -0.39 is 17.5 Å². The van der Waals surface area contributed by atoms with Crippen molar-refractivity contribution in [3.8, 4) is 0 Å². The number of carbonyl (C=O) groups is 2. The Labute approximate surface area is 269 Å². The van der Waals surface area contributed by atoms with Crippen LogP contribution in [0.3, 0.4) is 0 Å². The number of nitrogens with zero attached hydrogens (tertiary/aromatic N) is 2. The van der Waals surface area contributed by atoms with Gasteiger partial charge in [-0.1, -0.05) is 65.5 Å². The number of carboxylic acid groups (broad SMARTS) is 2. The first-order valence-corrected chi connectivity index (χ1v) is 16.3. The largest absolute Gasteiger partial charge is 0.477 e. The summed E-state index contributed by atoms with van der Waals surface area (Å²) in [5.74, 6) is -2.97. The SMILES string of the molecule is CCCC1=Cc2nc1ccc1[nH]c(cc1CCC)c1nc(ccc3[nH]c2cc3CCC)C(CCC)=C1/C=C/C=C(C(=O)O)C(=O)O. The third kappa shape index (κ3) is 6.81. The molecule has 8 heteroatoms. The zero-order valence-corrected chi connectivity index (χ0v) is 27.0. The second-order valence-corrected chi connectivity index (χ2v) is 11.8. The predicted molar refractivity (Wildman–Crippen MR) is 186 cm³/mol. The van der Waals surface area contributed by atoms with Crippen LogP contribution in [0, 0.1) is 0 Å². The molecular weight excluding hydrogens is 576 g/mol. The van der Waals surface area contributed by atoms with Crippen LogP contribution in [-0.4, -0.2) is 42.1 Å². The van der Waals surface area contributed by atoms with Crippen LogP contribution in [0.4, 0.5) is 0 Å². The predicted octanol–water partition coefficient (Wildman–Crippen LogP) is 8.92. The van der Waals surface area contributed by atoms with E-state index in [0.29, 0.717) is 0 Å². The summed E-state index contributed by atoms with van der Waals surface area (Å²) < 4.78 is 0. The summed E-state index contributed by atoms with van der Waals surface area (Å²) in [5.41, 5.74) is 12.1. The summed E-state index contributed by atoms with van der Waals surface area (Å²) >= 11 is 0. The van der Waals surface area contributed by atoms with Gasteiger partial charge in [0.25, 0.3) is 0 Å². The molecule has 8 nitrogen and oxygen atoms in total. The molecule has 46 heavy (non-hydrogen) atoms. The molecule has 0 spiro atoms. The van der Waals surface area contributed by atoms with Crippen molar-refractivity contribution in [2.45, 2.75) is 79.1 Å². The van der Waals surface area contributed by atoms with Crippen molar-refractivity contribution in [1.82, 2.24) is 19.9 Å². The molecule has 5 heterocycles. The number of fused-ring (bicyclic) bond motifs is 10. The molecule has 0 unspecified atom stereocenters. The molecule has 0 aromatic carbocycles. The molecule has 0 atom stereocenters. The lowest BCUT2D eigenvalue weighted by Gasteiger charge is -2.03. The minimum atomic E-state index is -1.49. The number of nitrogens with one attached hydrogen (secondary N) is 2. The van der Waals surface area contributed by atoms with E-state index >= 15 is 0 Å². The molecule has 0 fully saturated rings. The van der Waals surface area contributed by atoms with E-state index in [9.17, 15) is 19.8 Å². The van der Waals surface area contributed by atoms with Crippen molar-refractivity contribution in [3.63, 3.8) is 0 Å². The summed E-state index contributed by atoms with van der Waals surface area (Å²) in [6, 6.07) is 12.7. The number of aryl methyl sites for hydroxylation is 2. The maximum absolute atomic E-state index is 11.5. The van der Waals surface area contributed by atoms with Gasteiger partial charge in [-0.25, -0.2) is 19.6 Å². The van der Waals surface area contributed by atoms with Crippen LogP contribution >= 0.6 is 0 Å². The van der Waals surface area contributed by atoms with Crippen molar-refractivity contribution in [1.29, 1.82) is 0 Å². The molecule has 2 aliphatic heterocycles. The second-order valence-electron chi connectivity index (χ2n) is 11.8. The minimum Gasteiger partial charge on any atom is -0.477 e. The molecular formula is C38H42N4O4. The van der Waals surface area contributed by atoms with E-state index in [4.69, 9.17) is 9.97 Å². The van der Waals surface area contributed by atoms with E-state index in [1.165, 1.54) is 22.8 Å². The van der Waals surface area contributed by atoms with Crippen LogP contribution in [0.5, 0.6) is 0 Å². The highest BCUT2D eigenvalue weighted by atomic mass is 16.4. The fourth-order valence-corrected chi connectivity index (χ4v) is 6.13. The maximum Gasteiger partial charge on any atom is 0.343 e. The molecule has 0 radical (unpaired) electrons. The molecule has 4 N–H and O–H groups in total. The molecule has 3 aromatic rings. The van der Waals surface area contributed by atoms with E-state index in [1.807, 2.05) is 6.07 Å². The van der Waals surface area contributed by atoms with Gasteiger partial charge in [-0.15, -0.1) is 0 Å².